The zero-order valence-electron chi connectivity index (χ0n) is 39.8. The Hall–Kier alpha value is -9.76. The number of furan rings is 1. The minimum Gasteiger partial charge on any atom is -0.454 e. The van der Waals surface area contributed by atoms with Gasteiger partial charge in [0, 0.05) is 74.4 Å². The highest BCUT2D eigenvalue weighted by atomic mass is 32.1. The summed E-state index contributed by atoms with van der Waals surface area (Å²) in [5.41, 5.74) is 12.6. The maximum atomic E-state index is 12.5. The highest BCUT2D eigenvalue weighted by Gasteiger charge is 2.34. The third-order valence-corrected chi connectivity index (χ3v) is 17.7. The number of nitriles is 1. The Labute approximate surface area is 436 Å². The Morgan fingerprint density at radius 1 is 0.440 bits per heavy atom. The van der Waals surface area contributed by atoms with Crippen LogP contribution in [0.5, 0.6) is 0 Å². The second-order valence-corrected chi connectivity index (χ2v) is 21.3. The third kappa shape index (κ3) is 5.74. The first-order valence-electron chi connectivity index (χ1n) is 24.9. The van der Waals surface area contributed by atoms with E-state index in [0.29, 0.717) is 16.9 Å². The molecule has 0 bridgehead atoms. The number of para-hydroxylation sites is 2. The van der Waals surface area contributed by atoms with Crippen LogP contribution in [0.3, 0.4) is 0 Å². The Balaban J connectivity index is 1.19. The molecule has 0 aliphatic carbocycles. The van der Waals surface area contributed by atoms with Crippen molar-refractivity contribution in [1.29, 1.82) is 5.26 Å². The predicted molar refractivity (Wildman–Crippen MR) is 315 cm³/mol. The molecule has 346 valence electrons. The first kappa shape index (κ1) is 41.8. The van der Waals surface area contributed by atoms with Crippen molar-refractivity contribution in [3.05, 3.63) is 235 Å². The molecule has 5 heterocycles. The Kier molecular flexibility index (Phi) is 8.85. The highest BCUT2D eigenvalue weighted by molar-refractivity contribution is 7.27. The van der Waals surface area contributed by atoms with Gasteiger partial charge in [0.25, 0.3) is 0 Å². The van der Waals surface area contributed by atoms with E-state index in [9.17, 15) is 11.8 Å². The minimum atomic E-state index is 0.383. The standard InChI is InChI=1S/C68H36N4OS2/c1-70-60-58(41-23-9-4-10-24-41)64(71-53-29-15-11-28-49(53)59-50(39-19-5-2-6-20-39)37-51-42-25-12-16-30-54(42)73-66(51)65(59)71)57(40-21-7-3-8-22-40)52(38-69)61(60)72-62-45(33-35-47-43-26-13-17-31-55(43)74-67(47)62)46-34-36-48-44-27-14-18-32-56(44)75-68(48)63(46)72/h2-37H. The molecule has 0 radical (unpaired) electrons. The largest absolute Gasteiger partial charge is 0.454 e. The fourth-order valence-electron chi connectivity index (χ4n) is 12.3. The van der Waals surface area contributed by atoms with Gasteiger partial charge in [-0.25, -0.2) is 4.85 Å². The number of nitrogens with zero attached hydrogens (tertiary/aromatic N) is 4. The lowest BCUT2D eigenvalue weighted by atomic mass is 9.88. The van der Waals surface area contributed by atoms with Crippen LogP contribution in [0.1, 0.15) is 5.56 Å². The lowest BCUT2D eigenvalue weighted by Crippen LogP contribution is -2.08. The molecule has 7 heteroatoms. The number of hydrogen-bond donors (Lipinski definition) is 0. The van der Waals surface area contributed by atoms with Gasteiger partial charge in [-0.05, 0) is 52.6 Å². The molecule has 0 saturated heterocycles. The van der Waals surface area contributed by atoms with Gasteiger partial charge in [-0.3, -0.25) is 0 Å². The number of aromatic nitrogens is 2. The van der Waals surface area contributed by atoms with Gasteiger partial charge < -0.3 is 13.6 Å². The monoisotopic (exact) mass is 988 g/mol. The Morgan fingerprint density at radius 2 is 0.947 bits per heavy atom. The maximum Gasteiger partial charge on any atom is 0.221 e. The van der Waals surface area contributed by atoms with Crippen molar-refractivity contribution in [1.82, 2.24) is 9.13 Å². The maximum absolute atomic E-state index is 12.5. The molecule has 0 saturated carbocycles. The van der Waals surface area contributed by atoms with Crippen molar-refractivity contribution < 1.29 is 4.42 Å². The van der Waals surface area contributed by atoms with Crippen LogP contribution >= 0.6 is 22.7 Å². The lowest BCUT2D eigenvalue weighted by molar-refractivity contribution is 0.671. The van der Waals surface area contributed by atoms with Gasteiger partial charge in [0.2, 0.25) is 5.69 Å². The van der Waals surface area contributed by atoms with E-state index in [0.717, 1.165) is 125 Å². The molecule has 16 rings (SSSR count). The van der Waals surface area contributed by atoms with E-state index < -0.39 is 0 Å². The molecule has 0 spiro atoms. The van der Waals surface area contributed by atoms with E-state index in [1.165, 1.54) is 20.2 Å². The van der Waals surface area contributed by atoms with Gasteiger partial charge in [0.05, 0.1) is 55.0 Å². The van der Waals surface area contributed by atoms with E-state index in [2.05, 4.69) is 185 Å². The fraction of sp³-hybridized carbons (Fsp3) is 0. The van der Waals surface area contributed by atoms with E-state index in [-0.39, 0.29) is 0 Å². The highest BCUT2D eigenvalue weighted by Crippen LogP contribution is 2.56. The number of rotatable bonds is 5. The van der Waals surface area contributed by atoms with E-state index in [1.807, 2.05) is 48.5 Å². The van der Waals surface area contributed by atoms with Crippen molar-refractivity contribution in [2.45, 2.75) is 0 Å². The normalized spacial score (nSPS) is 12.0. The number of benzene rings is 11. The molecule has 5 aromatic heterocycles. The quantitative estimate of drug-likeness (QED) is 0.161. The summed E-state index contributed by atoms with van der Waals surface area (Å²) in [6, 6.07) is 79.4. The number of fused-ring (bicyclic) bond motifs is 18. The fourth-order valence-corrected chi connectivity index (χ4v) is 14.8. The van der Waals surface area contributed by atoms with Crippen LogP contribution in [-0.4, -0.2) is 9.13 Å². The van der Waals surface area contributed by atoms with Crippen LogP contribution in [0.15, 0.2) is 223 Å². The first-order valence-corrected chi connectivity index (χ1v) is 26.6. The van der Waals surface area contributed by atoms with E-state index in [1.54, 1.807) is 22.7 Å². The average Bonchev–Trinajstić information content (AvgIpc) is 4.31. The summed E-state index contributed by atoms with van der Waals surface area (Å²) in [6.07, 6.45) is 0. The zero-order chi connectivity index (χ0) is 49.5. The van der Waals surface area contributed by atoms with Crippen LogP contribution < -0.4 is 0 Å². The molecular formula is C68H36N4OS2. The molecule has 0 aliphatic rings. The van der Waals surface area contributed by atoms with Crippen molar-refractivity contribution in [2.24, 2.45) is 0 Å². The molecule has 0 amide bonds. The summed E-state index contributed by atoms with van der Waals surface area (Å²) in [6.45, 7) is 9.72. The summed E-state index contributed by atoms with van der Waals surface area (Å²) in [7, 11) is 0. The SMILES string of the molecule is [C-]#[N+]c1c(-c2ccccc2)c(-n2c3ccccc3c3c(-c4ccccc4)cc4c5ccccc5oc4c32)c(-c2ccccc2)c(C#N)c1-n1c2c(ccc3c4ccccc4sc32)c2ccc3c4ccccc4sc3c21. The topological polar surface area (TPSA) is 51.1 Å². The van der Waals surface area contributed by atoms with E-state index >= 15 is 0 Å². The van der Waals surface area contributed by atoms with Crippen LogP contribution in [-0.2, 0) is 0 Å². The van der Waals surface area contributed by atoms with Crippen molar-refractivity contribution in [3.63, 3.8) is 0 Å². The molecule has 16 aromatic rings. The summed E-state index contributed by atoms with van der Waals surface area (Å²) in [5, 5.41) is 23.3. The van der Waals surface area contributed by atoms with Gasteiger partial charge >= 0.3 is 0 Å². The summed E-state index contributed by atoms with van der Waals surface area (Å²) in [4.78, 5) is 4.75. The molecule has 0 aliphatic heterocycles. The molecule has 5 nitrogen and oxygen atoms in total. The smallest absolute Gasteiger partial charge is 0.221 e. The van der Waals surface area contributed by atoms with Crippen LogP contribution in [0.25, 0.3) is 155 Å². The number of thiophene rings is 2. The first-order chi connectivity index (χ1) is 37.2. The second kappa shape index (κ2) is 15.9. The summed E-state index contributed by atoms with van der Waals surface area (Å²) >= 11 is 3.54. The number of hydrogen-bond acceptors (Lipinski definition) is 4. The van der Waals surface area contributed by atoms with Crippen molar-refractivity contribution in [2.75, 3.05) is 0 Å². The molecule has 0 N–H and O–H groups in total. The van der Waals surface area contributed by atoms with E-state index in [4.69, 9.17) is 9.26 Å². The van der Waals surface area contributed by atoms with Gasteiger partial charge in [-0.1, -0.05) is 188 Å². The molecule has 0 unspecified atom stereocenters. The van der Waals surface area contributed by atoms with Crippen LogP contribution in [0.4, 0.5) is 5.69 Å². The zero-order valence-corrected chi connectivity index (χ0v) is 41.4. The molecular weight excluding hydrogens is 953 g/mol. The average molecular weight is 989 g/mol. The van der Waals surface area contributed by atoms with Gasteiger partial charge in [-0.15, -0.1) is 22.7 Å². The van der Waals surface area contributed by atoms with Crippen molar-refractivity contribution in [3.8, 4) is 50.8 Å². The predicted octanol–water partition coefficient (Wildman–Crippen LogP) is 19.9. The van der Waals surface area contributed by atoms with Gasteiger partial charge in [-0.2, -0.15) is 5.26 Å². The van der Waals surface area contributed by atoms with Gasteiger partial charge in [0.15, 0.2) is 5.58 Å². The Morgan fingerprint density at radius 3 is 1.55 bits per heavy atom. The summed E-state index contributed by atoms with van der Waals surface area (Å²) < 4.78 is 16.3. The van der Waals surface area contributed by atoms with Crippen LogP contribution in [0, 0.1) is 17.9 Å². The third-order valence-electron chi connectivity index (χ3n) is 15.4. The molecule has 0 atom stereocenters. The second-order valence-electron chi connectivity index (χ2n) is 19.2. The molecule has 11 aromatic carbocycles. The lowest BCUT2D eigenvalue weighted by Gasteiger charge is -2.25. The van der Waals surface area contributed by atoms with Crippen LogP contribution in [0.2, 0.25) is 0 Å². The Bertz CT molecular complexity index is 4990. The summed E-state index contributed by atoms with van der Waals surface area (Å²) in [5.74, 6) is 0. The molecule has 75 heavy (non-hydrogen) atoms. The minimum absolute atomic E-state index is 0.383. The van der Waals surface area contributed by atoms with Gasteiger partial charge in [0.1, 0.15) is 11.7 Å². The molecule has 0 fully saturated rings. The van der Waals surface area contributed by atoms with Crippen molar-refractivity contribution >= 4 is 134 Å².